The molecule has 134 valence electrons. The predicted molar refractivity (Wildman–Crippen MR) is 101 cm³/mol. The van der Waals surface area contributed by atoms with E-state index in [1.54, 1.807) is 41.9 Å². The first-order valence-electron chi connectivity index (χ1n) is 8.14. The summed E-state index contributed by atoms with van der Waals surface area (Å²) in [5.41, 5.74) is 1.95. The second-order valence-electron chi connectivity index (χ2n) is 5.68. The van der Waals surface area contributed by atoms with Crippen molar-refractivity contribution in [2.24, 2.45) is 0 Å². The number of halogens is 1. The summed E-state index contributed by atoms with van der Waals surface area (Å²) in [4.78, 5) is 21.5. The molecule has 0 amide bonds. The van der Waals surface area contributed by atoms with Gasteiger partial charge in [-0.05, 0) is 41.3 Å². The third-order valence-corrected chi connectivity index (χ3v) is 4.51. The van der Waals surface area contributed by atoms with Gasteiger partial charge in [0.1, 0.15) is 11.5 Å². The van der Waals surface area contributed by atoms with Crippen molar-refractivity contribution in [1.82, 2.24) is 19.7 Å². The Kier molecular flexibility index (Phi) is 4.71. The zero-order chi connectivity index (χ0) is 18.6. The molecule has 6 nitrogen and oxygen atoms in total. The summed E-state index contributed by atoms with van der Waals surface area (Å²) in [6.07, 6.45) is 1.64. The topological polar surface area (TPSA) is 72.7 Å². The molecule has 0 fully saturated rings. The average Bonchev–Trinajstić information content (AvgIpc) is 3.38. The minimum Gasteiger partial charge on any atom is -0.350 e. The van der Waals surface area contributed by atoms with Crippen LogP contribution in [0.15, 0.2) is 65.5 Å². The molecule has 0 aliphatic rings. The molecule has 0 spiro atoms. The van der Waals surface area contributed by atoms with Crippen molar-refractivity contribution < 1.29 is 9.18 Å². The van der Waals surface area contributed by atoms with Crippen molar-refractivity contribution in [1.29, 1.82) is 0 Å². The SMILES string of the molecule is O=C(c1ccsc1)n1nc(-c2ccccn2)nc1NCc1ccc(F)cc1. The fourth-order valence-corrected chi connectivity index (χ4v) is 3.09. The Morgan fingerprint density at radius 2 is 2.00 bits per heavy atom. The summed E-state index contributed by atoms with van der Waals surface area (Å²) in [7, 11) is 0. The van der Waals surface area contributed by atoms with E-state index in [0.29, 0.717) is 29.6 Å². The van der Waals surface area contributed by atoms with Crippen LogP contribution < -0.4 is 5.32 Å². The molecule has 3 heterocycles. The predicted octanol–water partition coefficient (Wildman–Crippen LogP) is 3.84. The fraction of sp³-hybridized carbons (Fsp3) is 0.0526. The van der Waals surface area contributed by atoms with E-state index in [1.807, 2.05) is 11.4 Å². The highest BCUT2D eigenvalue weighted by molar-refractivity contribution is 7.08. The lowest BCUT2D eigenvalue weighted by Crippen LogP contribution is -2.17. The van der Waals surface area contributed by atoms with Gasteiger partial charge in [-0.25, -0.2) is 4.39 Å². The van der Waals surface area contributed by atoms with Crippen molar-refractivity contribution in [2.75, 3.05) is 5.32 Å². The van der Waals surface area contributed by atoms with E-state index < -0.39 is 0 Å². The summed E-state index contributed by atoms with van der Waals surface area (Å²) >= 11 is 1.43. The Morgan fingerprint density at radius 3 is 2.70 bits per heavy atom. The third-order valence-electron chi connectivity index (χ3n) is 3.83. The third kappa shape index (κ3) is 3.75. The van der Waals surface area contributed by atoms with Crippen LogP contribution in [0.5, 0.6) is 0 Å². The molecule has 0 aliphatic carbocycles. The Bertz CT molecular complexity index is 1050. The van der Waals surface area contributed by atoms with Gasteiger partial charge in [-0.1, -0.05) is 18.2 Å². The first-order chi connectivity index (χ1) is 13.2. The van der Waals surface area contributed by atoms with Crippen LogP contribution in [0.25, 0.3) is 11.5 Å². The number of carbonyl (C=O) groups is 1. The molecule has 0 saturated carbocycles. The maximum Gasteiger partial charge on any atom is 0.282 e. The van der Waals surface area contributed by atoms with E-state index in [2.05, 4.69) is 20.4 Å². The molecule has 0 radical (unpaired) electrons. The highest BCUT2D eigenvalue weighted by Crippen LogP contribution is 2.18. The molecular weight excluding hydrogens is 365 g/mol. The molecule has 3 aromatic heterocycles. The molecule has 8 heteroatoms. The number of hydrogen-bond donors (Lipinski definition) is 1. The summed E-state index contributed by atoms with van der Waals surface area (Å²) < 4.78 is 14.3. The monoisotopic (exact) mass is 379 g/mol. The van der Waals surface area contributed by atoms with Gasteiger partial charge in [0, 0.05) is 18.1 Å². The zero-order valence-electron chi connectivity index (χ0n) is 14.0. The fourth-order valence-electron chi connectivity index (χ4n) is 2.46. The molecule has 1 N–H and O–H groups in total. The van der Waals surface area contributed by atoms with E-state index in [0.717, 1.165) is 5.56 Å². The molecule has 27 heavy (non-hydrogen) atoms. The highest BCUT2D eigenvalue weighted by Gasteiger charge is 2.19. The number of carbonyl (C=O) groups excluding carboxylic acids is 1. The van der Waals surface area contributed by atoms with Gasteiger partial charge in [0.05, 0.1) is 5.56 Å². The van der Waals surface area contributed by atoms with Gasteiger partial charge in [-0.2, -0.15) is 21.0 Å². The number of aromatic nitrogens is 4. The summed E-state index contributed by atoms with van der Waals surface area (Å²) in [5, 5.41) is 11.0. The second kappa shape index (κ2) is 7.46. The van der Waals surface area contributed by atoms with Gasteiger partial charge in [-0.15, -0.1) is 5.10 Å². The summed E-state index contributed by atoms with van der Waals surface area (Å²) in [6.45, 7) is 0.373. The van der Waals surface area contributed by atoms with Gasteiger partial charge in [0.15, 0.2) is 0 Å². The van der Waals surface area contributed by atoms with Crippen LogP contribution in [0.2, 0.25) is 0 Å². The largest absolute Gasteiger partial charge is 0.350 e. The number of rotatable bonds is 5. The smallest absolute Gasteiger partial charge is 0.282 e. The number of nitrogens with one attached hydrogen (secondary N) is 1. The van der Waals surface area contributed by atoms with Crippen molar-refractivity contribution in [3.05, 3.63) is 82.4 Å². The lowest BCUT2D eigenvalue weighted by Gasteiger charge is -2.06. The van der Waals surface area contributed by atoms with E-state index in [4.69, 9.17) is 0 Å². The van der Waals surface area contributed by atoms with Gasteiger partial charge in [0.2, 0.25) is 11.8 Å². The number of pyridine rings is 1. The van der Waals surface area contributed by atoms with Crippen LogP contribution in [0.3, 0.4) is 0 Å². The van der Waals surface area contributed by atoms with Gasteiger partial charge < -0.3 is 5.32 Å². The number of hydrogen-bond acceptors (Lipinski definition) is 6. The summed E-state index contributed by atoms with van der Waals surface area (Å²) in [6, 6.07) is 13.2. The van der Waals surface area contributed by atoms with Crippen LogP contribution in [-0.4, -0.2) is 25.7 Å². The van der Waals surface area contributed by atoms with Crippen LogP contribution in [0, 0.1) is 5.82 Å². The van der Waals surface area contributed by atoms with E-state index in [1.165, 1.54) is 28.2 Å². The van der Waals surface area contributed by atoms with Crippen LogP contribution in [-0.2, 0) is 6.54 Å². The van der Waals surface area contributed by atoms with Crippen molar-refractivity contribution in [2.45, 2.75) is 6.54 Å². The number of thiophene rings is 1. The molecule has 0 saturated heterocycles. The average molecular weight is 379 g/mol. The quantitative estimate of drug-likeness (QED) is 0.570. The minimum atomic E-state index is -0.299. The lowest BCUT2D eigenvalue weighted by atomic mass is 10.2. The molecule has 0 atom stereocenters. The Hall–Kier alpha value is -3.39. The molecule has 4 rings (SSSR count). The Labute approximate surface area is 158 Å². The van der Waals surface area contributed by atoms with Crippen LogP contribution in [0.4, 0.5) is 10.3 Å². The zero-order valence-corrected chi connectivity index (χ0v) is 14.9. The van der Waals surface area contributed by atoms with Gasteiger partial charge in [-0.3, -0.25) is 9.78 Å². The first-order valence-corrected chi connectivity index (χ1v) is 9.08. The Balaban J connectivity index is 1.66. The van der Waals surface area contributed by atoms with E-state index in [-0.39, 0.29) is 11.7 Å². The molecule has 0 bridgehead atoms. The van der Waals surface area contributed by atoms with Crippen LogP contribution >= 0.6 is 11.3 Å². The molecule has 0 aliphatic heterocycles. The molecule has 1 aromatic carbocycles. The van der Waals surface area contributed by atoms with E-state index >= 15 is 0 Å². The van der Waals surface area contributed by atoms with Crippen molar-refractivity contribution in [3.8, 4) is 11.5 Å². The highest BCUT2D eigenvalue weighted by atomic mass is 32.1. The second-order valence-corrected chi connectivity index (χ2v) is 6.46. The number of nitrogens with zero attached hydrogens (tertiary/aromatic N) is 4. The minimum absolute atomic E-state index is 0.285. The van der Waals surface area contributed by atoms with Crippen LogP contribution in [0.1, 0.15) is 15.9 Å². The standard InChI is InChI=1S/C19H14FN5OS/c20-15-6-4-13(5-7-15)11-22-19-23-17(16-3-1-2-9-21-16)24-25(19)18(26)14-8-10-27-12-14/h1-10,12H,11H2,(H,22,23,24). The van der Waals surface area contributed by atoms with Gasteiger partial charge >= 0.3 is 0 Å². The lowest BCUT2D eigenvalue weighted by molar-refractivity contribution is 0.0948. The van der Waals surface area contributed by atoms with Crippen molar-refractivity contribution in [3.63, 3.8) is 0 Å². The number of anilines is 1. The molecular formula is C19H14FN5OS. The summed E-state index contributed by atoms with van der Waals surface area (Å²) in [5.74, 6) is 0.0662. The maximum atomic E-state index is 13.1. The molecule has 4 aromatic rings. The first kappa shape index (κ1) is 17.0. The maximum absolute atomic E-state index is 13.1. The van der Waals surface area contributed by atoms with Crippen molar-refractivity contribution >= 4 is 23.2 Å². The Morgan fingerprint density at radius 1 is 1.15 bits per heavy atom. The van der Waals surface area contributed by atoms with Gasteiger partial charge in [0.25, 0.3) is 5.91 Å². The number of benzene rings is 1. The van der Waals surface area contributed by atoms with E-state index in [9.17, 15) is 9.18 Å². The normalized spacial score (nSPS) is 10.7. The molecule has 0 unspecified atom stereocenters.